The Morgan fingerprint density at radius 3 is 2.16 bits per heavy atom. The monoisotopic (exact) mass is 807 g/mol. The summed E-state index contributed by atoms with van der Waals surface area (Å²) in [5.74, 6) is 5.14. The molecule has 1 fully saturated rings. The number of nitrogens with zero attached hydrogens (tertiary/aromatic N) is 2. The highest BCUT2D eigenvalue weighted by molar-refractivity contribution is 7.52. The molecule has 1 heterocycles. The van der Waals surface area contributed by atoms with Gasteiger partial charge in [-0.25, -0.2) is 0 Å². The number of aliphatic hydroxyl groups is 1. The minimum Gasteiger partial charge on any atom is -0.491 e. The second-order valence-corrected chi connectivity index (χ2v) is 23.1. The summed E-state index contributed by atoms with van der Waals surface area (Å²) < 4.78 is 24.1. The zero-order valence-corrected chi connectivity index (χ0v) is 36.8. The maximum absolute atomic E-state index is 13.8. The summed E-state index contributed by atoms with van der Waals surface area (Å²) in [6.45, 7) is 16.9. The predicted molar refractivity (Wildman–Crippen MR) is 220 cm³/mol. The van der Waals surface area contributed by atoms with Crippen molar-refractivity contribution in [3.8, 4) is 17.6 Å². The van der Waals surface area contributed by atoms with Gasteiger partial charge in [-0.05, 0) is 61.0 Å². The van der Waals surface area contributed by atoms with E-state index in [4.69, 9.17) is 9.16 Å². The molecule has 1 saturated heterocycles. The van der Waals surface area contributed by atoms with Crippen LogP contribution in [0.25, 0.3) is 0 Å². The Labute approximate surface area is 331 Å². The van der Waals surface area contributed by atoms with Crippen LogP contribution in [0.2, 0.25) is 16.6 Å². The number of aliphatic hydroxyl groups excluding tert-OH is 1. The SMILES string of the molecule is CCCCCCCCCCC#Cc1ccc(C(=O)NC(C)[C@H](O)O[Si](C(C)C)(C(C)C)C(C)C)c(OC[C@@H]2CCCN2C(=O)CN(C)C(=O)CP(=O)(O)O)c1. The van der Waals surface area contributed by atoms with Gasteiger partial charge in [0.2, 0.25) is 20.1 Å². The Hall–Kier alpha value is -2.72. The van der Waals surface area contributed by atoms with Crippen LogP contribution in [0, 0.1) is 11.8 Å². The second-order valence-electron chi connectivity index (χ2n) is 16.1. The molecule has 14 heteroatoms. The quantitative estimate of drug-likeness (QED) is 0.0294. The van der Waals surface area contributed by atoms with Crippen LogP contribution in [0.5, 0.6) is 5.75 Å². The predicted octanol–water partition coefficient (Wildman–Crippen LogP) is 7.20. The zero-order valence-electron chi connectivity index (χ0n) is 34.9. The Morgan fingerprint density at radius 1 is 0.982 bits per heavy atom. The maximum atomic E-state index is 13.8. The molecule has 1 aliphatic rings. The average molecular weight is 808 g/mol. The molecular weight excluding hydrogens is 738 g/mol. The molecule has 1 unspecified atom stereocenters. The smallest absolute Gasteiger partial charge is 0.334 e. The minimum atomic E-state index is -4.57. The molecule has 3 amide bonds. The van der Waals surface area contributed by atoms with Crippen molar-refractivity contribution >= 4 is 33.6 Å². The highest BCUT2D eigenvalue weighted by atomic mass is 31.2. The number of likely N-dealkylation sites (N-methyl/N-ethyl adjacent to an activating group) is 1. The van der Waals surface area contributed by atoms with Gasteiger partial charge >= 0.3 is 7.60 Å². The molecule has 1 aromatic carbocycles. The molecule has 0 bridgehead atoms. The number of hydrogen-bond acceptors (Lipinski definition) is 7. The fraction of sp³-hybridized carbons (Fsp3) is 0.732. The lowest BCUT2D eigenvalue weighted by atomic mass is 10.1. The first-order valence-corrected chi connectivity index (χ1v) is 24.3. The number of benzene rings is 1. The second kappa shape index (κ2) is 23.5. The Balaban J connectivity index is 2.24. The summed E-state index contributed by atoms with van der Waals surface area (Å²) >= 11 is 0. The third-order valence-electron chi connectivity index (χ3n) is 10.7. The molecule has 0 aromatic heterocycles. The fourth-order valence-electron chi connectivity index (χ4n) is 7.70. The molecule has 4 N–H and O–H groups in total. The van der Waals surface area contributed by atoms with Crippen LogP contribution in [0.1, 0.15) is 142 Å². The molecule has 0 spiro atoms. The summed E-state index contributed by atoms with van der Waals surface area (Å²) in [6.07, 6.45) is 9.68. The lowest BCUT2D eigenvalue weighted by Crippen LogP contribution is -2.54. The summed E-state index contributed by atoms with van der Waals surface area (Å²) in [6, 6.07) is 4.12. The van der Waals surface area contributed by atoms with Crippen molar-refractivity contribution in [1.29, 1.82) is 0 Å². The molecule has 0 radical (unpaired) electrons. The number of ether oxygens (including phenoxy) is 1. The summed E-state index contributed by atoms with van der Waals surface area (Å²) in [7, 11) is -5.67. The Kier molecular flexibility index (Phi) is 20.7. The van der Waals surface area contributed by atoms with E-state index in [-0.39, 0.29) is 47.3 Å². The van der Waals surface area contributed by atoms with E-state index in [0.717, 1.165) is 24.2 Å². The summed E-state index contributed by atoms with van der Waals surface area (Å²) in [4.78, 5) is 60.3. The number of amides is 3. The van der Waals surface area contributed by atoms with Gasteiger partial charge in [-0.3, -0.25) is 18.9 Å². The van der Waals surface area contributed by atoms with E-state index < -0.39 is 46.2 Å². The molecule has 1 aliphatic heterocycles. The van der Waals surface area contributed by atoms with Crippen molar-refractivity contribution in [1.82, 2.24) is 15.1 Å². The van der Waals surface area contributed by atoms with Crippen molar-refractivity contribution in [2.75, 3.05) is 32.9 Å². The minimum absolute atomic E-state index is 0.0773. The van der Waals surface area contributed by atoms with E-state index in [1.54, 1.807) is 30.0 Å². The zero-order chi connectivity index (χ0) is 41.3. The van der Waals surface area contributed by atoms with Crippen molar-refractivity contribution in [2.45, 2.75) is 161 Å². The highest BCUT2D eigenvalue weighted by Gasteiger charge is 2.47. The third kappa shape index (κ3) is 15.6. The van der Waals surface area contributed by atoms with E-state index in [1.807, 2.05) is 0 Å². The van der Waals surface area contributed by atoms with Gasteiger partial charge in [0.05, 0.1) is 24.2 Å². The van der Waals surface area contributed by atoms with Crippen LogP contribution < -0.4 is 10.1 Å². The first-order chi connectivity index (χ1) is 25.8. The maximum Gasteiger partial charge on any atom is 0.334 e. The van der Waals surface area contributed by atoms with Crippen LogP contribution in [0.15, 0.2) is 18.2 Å². The van der Waals surface area contributed by atoms with E-state index in [9.17, 15) is 33.8 Å². The number of carbonyl (C=O) groups excluding carboxylic acids is 3. The van der Waals surface area contributed by atoms with E-state index in [2.05, 4.69) is 65.6 Å². The molecule has 1 aromatic rings. The van der Waals surface area contributed by atoms with Gasteiger partial charge in [0, 0.05) is 25.6 Å². The first-order valence-electron chi connectivity index (χ1n) is 20.3. The number of carbonyl (C=O) groups is 3. The number of unbranched alkanes of at least 4 members (excludes halogenated alkanes) is 8. The van der Waals surface area contributed by atoms with Crippen LogP contribution in [-0.2, 0) is 18.6 Å². The van der Waals surface area contributed by atoms with E-state index in [0.29, 0.717) is 30.7 Å². The van der Waals surface area contributed by atoms with Crippen LogP contribution in [0.4, 0.5) is 0 Å². The average Bonchev–Trinajstić information content (AvgIpc) is 3.58. The van der Waals surface area contributed by atoms with Gasteiger partial charge in [0.15, 0.2) is 6.29 Å². The third-order valence-corrected chi connectivity index (χ3v) is 17.4. The molecule has 2 rings (SSSR count). The van der Waals surface area contributed by atoms with Crippen molar-refractivity contribution in [3.05, 3.63) is 29.3 Å². The molecule has 0 aliphatic carbocycles. The molecule has 312 valence electrons. The first kappa shape index (κ1) is 48.4. The van der Waals surface area contributed by atoms with Gasteiger partial charge < -0.3 is 39.2 Å². The molecule has 55 heavy (non-hydrogen) atoms. The summed E-state index contributed by atoms with van der Waals surface area (Å²) in [5.41, 5.74) is 1.69. The Bertz CT molecular complexity index is 1470. The topological polar surface area (TPSA) is 166 Å². The van der Waals surface area contributed by atoms with Gasteiger partial charge in [-0.2, -0.15) is 0 Å². The van der Waals surface area contributed by atoms with Gasteiger partial charge in [0.25, 0.3) is 5.91 Å². The lowest BCUT2D eigenvalue weighted by Gasteiger charge is -2.44. The summed E-state index contributed by atoms with van der Waals surface area (Å²) in [5, 5.41) is 14.2. The largest absolute Gasteiger partial charge is 0.491 e. The van der Waals surface area contributed by atoms with Crippen LogP contribution in [0.3, 0.4) is 0 Å². The molecule has 3 atom stereocenters. The molecule has 0 saturated carbocycles. The molecular formula is C41H70N3O9PSi. The van der Waals surface area contributed by atoms with Crippen molar-refractivity contribution < 1.29 is 43.0 Å². The standard InChI is InChI=1S/C41H70N3O9PSi/c1-10-11-12-13-14-15-16-17-18-19-21-34-23-24-36(40(47)42-33(8)41(48)53-55(30(2)3,31(4)5)32(6)7)37(26-34)52-28-35-22-20-25-44(35)38(45)27-43(9)39(46)29-54(49,50)51/h23-24,26,30-33,35,41,48H,10-18,20,22,25,27-29H2,1-9H3,(H,42,47)(H2,49,50,51)/t33?,35-,41+/m0/s1. The number of hydrogen-bond donors (Lipinski definition) is 4. The van der Waals surface area contributed by atoms with Crippen molar-refractivity contribution in [3.63, 3.8) is 0 Å². The molecule has 12 nitrogen and oxygen atoms in total. The lowest BCUT2D eigenvalue weighted by molar-refractivity contribution is -0.139. The fourth-order valence-corrected chi connectivity index (χ4v) is 13.7. The Morgan fingerprint density at radius 2 is 1.58 bits per heavy atom. The van der Waals surface area contributed by atoms with E-state index in [1.165, 1.54) is 45.6 Å². The normalized spacial score (nSPS) is 15.9. The number of nitrogens with one attached hydrogen (secondary N) is 1. The van der Waals surface area contributed by atoms with Crippen molar-refractivity contribution in [2.24, 2.45) is 0 Å². The highest BCUT2D eigenvalue weighted by Crippen LogP contribution is 2.43. The van der Waals surface area contributed by atoms with Crippen LogP contribution in [-0.4, -0.2) is 102 Å². The number of likely N-dealkylation sites (tertiary alicyclic amines) is 1. The van der Waals surface area contributed by atoms with Gasteiger partial charge in [0.1, 0.15) is 18.5 Å². The van der Waals surface area contributed by atoms with E-state index >= 15 is 0 Å². The van der Waals surface area contributed by atoms with Crippen LogP contribution >= 0.6 is 7.60 Å². The van der Waals surface area contributed by atoms with Gasteiger partial charge in [-0.15, -0.1) is 0 Å². The number of rotatable bonds is 23. The van der Waals surface area contributed by atoms with Gasteiger partial charge in [-0.1, -0.05) is 105 Å².